The predicted molar refractivity (Wildman–Crippen MR) is 83.7 cm³/mol. The number of nitrogens with one attached hydrogen (secondary N) is 3. The summed E-state index contributed by atoms with van der Waals surface area (Å²) in [5.41, 5.74) is 0.979. The molecule has 1 aromatic carbocycles. The zero-order valence-electron chi connectivity index (χ0n) is 12.6. The van der Waals surface area contributed by atoms with Crippen LogP contribution in [0.15, 0.2) is 39.9 Å². The molecule has 0 radical (unpaired) electrons. The molecular weight excluding hydrogens is 282 g/mol. The molecule has 6 heteroatoms. The van der Waals surface area contributed by atoms with Gasteiger partial charge in [-0.2, -0.15) is 0 Å². The molecule has 0 aliphatic carbocycles. The van der Waals surface area contributed by atoms with Gasteiger partial charge in [-0.05, 0) is 25.8 Å². The van der Waals surface area contributed by atoms with E-state index in [1.807, 2.05) is 37.3 Å². The smallest absolute Gasteiger partial charge is 0.325 e. The summed E-state index contributed by atoms with van der Waals surface area (Å²) in [6.45, 7) is 3.56. The van der Waals surface area contributed by atoms with Gasteiger partial charge in [0, 0.05) is 17.7 Å². The maximum Gasteiger partial charge on any atom is 0.325 e. The minimum absolute atomic E-state index is 0.0938. The van der Waals surface area contributed by atoms with E-state index in [9.17, 15) is 14.4 Å². The second-order valence-corrected chi connectivity index (χ2v) is 5.21. The first-order valence-electron chi connectivity index (χ1n) is 7.13. The van der Waals surface area contributed by atoms with Gasteiger partial charge in [-0.15, -0.1) is 0 Å². The molecule has 0 unspecified atom stereocenters. The van der Waals surface area contributed by atoms with E-state index in [2.05, 4.69) is 15.3 Å². The van der Waals surface area contributed by atoms with E-state index in [1.165, 1.54) is 0 Å². The van der Waals surface area contributed by atoms with Crippen molar-refractivity contribution in [2.45, 2.75) is 32.7 Å². The van der Waals surface area contributed by atoms with Crippen molar-refractivity contribution in [2.24, 2.45) is 0 Å². The highest BCUT2D eigenvalue weighted by atomic mass is 16.2. The first-order chi connectivity index (χ1) is 10.5. The minimum Gasteiger partial charge on any atom is -0.350 e. The molecule has 1 atom stereocenters. The minimum atomic E-state index is -0.534. The highest BCUT2D eigenvalue weighted by molar-refractivity contribution is 5.76. The van der Waals surface area contributed by atoms with Gasteiger partial charge in [0.05, 0.1) is 6.04 Å². The molecule has 3 N–H and O–H groups in total. The van der Waals surface area contributed by atoms with Crippen LogP contribution < -0.4 is 16.6 Å². The van der Waals surface area contributed by atoms with Gasteiger partial charge in [0.2, 0.25) is 5.91 Å². The molecule has 1 heterocycles. The van der Waals surface area contributed by atoms with Crippen molar-refractivity contribution in [1.82, 2.24) is 15.3 Å². The summed E-state index contributed by atoms with van der Waals surface area (Å²) in [6.07, 6.45) is 0.471. The monoisotopic (exact) mass is 301 g/mol. The fourth-order valence-electron chi connectivity index (χ4n) is 2.30. The summed E-state index contributed by atoms with van der Waals surface area (Å²) in [4.78, 5) is 39.5. The van der Waals surface area contributed by atoms with Crippen LogP contribution in [0.2, 0.25) is 0 Å². The van der Waals surface area contributed by atoms with E-state index in [0.717, 1.165) is 5.56 Å². The van der Waals surface area contributed by atoms with Crippen molar-refractivity contribution >= 4 is 5.91 Å². The maximum atomic E-state index is 12.0. The van der Waals surface area contributed by atoms with Gasteiger partial charge in [0.15, 0.2) is 0 Å². The fourth-order valence-corrected chi connectivity index (χ4v) is 2.30. The Morgan fingerprint density at radius 3 is 2.50 bits per heavy atom. The Bertz CT molecular complexity index is 762. The van der Waals surface area contributed by atoms with Gasteiger partial charge in [-0.3, -0.25) is 14.6 Å². The lowest BCUT2D eigenvalue weighted by atomic mass is 10.1. The van der Waals surface area contributed by atoms with Gasteiger partial charge >= 0.3 is 5.69 Å². The molecular formula is C16H19N3O3. The van der Waals surface area contributed by atoms with Crippen molar-refractivity contribution in [3.8, 4) is 0 Å². The van der Waals surface area contributed by atoms with E-state index in [4.69, 9.17) is 0 Å². The number of carbonyl (C=O) groups is 1. The Kier molecular flexibility index (Phi) is 4.93. The summed E-state index contributed by atoms with van der Waals surface area (Å²) in [6, 6.07) is 9.55. The van der Waals surface area contributed by atoms with Crippen molar-refractivity contribution in [3.05, 3.63) is 68.0 Å². The van der Waals surface area contributed by atoms with E-state index in [-0.39, 0.29) is 24.8 Å². The van der Waals surface area contributed by atoms with Crippen molar-refractivity contribution in [1.29, 1.82) is 0 Å². The summed E-state index contributed by atoms with van der Waals surface area (Å²) in [5, 5.41) is 2.89. The van der Waals surface area contributed by atoms with E-state index in [1.54, 1.807) is 6.92 Å². The molecule has 0 saturated carbocycles. The van der Waals surface area contributed by atoms with Crippen LogP contribution in [0.25, 0.3) is 0 Å². The van der Waals surface area contributed by atoms with E-state index in [0.29, 0.717) is 11.3 Å². The normalized spacial score (nSPS) is 11.9. The van der Waals surface area contributed by atoms with Crippen LogP contribution in [0.4, 0.5) is 0 Å². The molecule has 0 bridgehead atoms. The lowest BCUT2D eigenvalue weighted by Gasteiger charge is -2.14. The average molecular weight is 301 g/mol. The second-order valence-electron chi connectivity index (χ2n) is 5.21. The molecule has 1 aromatic heterocycles. The standard InChI is InChI=1S/C16H19N3O3/c1-10(12-6-4-3-5-7-12)17-14(20)9-8-13-11(2)18-16(22)19-15(13)21/h3-7,10H,8-9H2,1-2H3,(H,17,20)(H2,18,19,21,22)/t10-/m1/s1. The van der Waals surface area contributed by atoms with Crippen LogP contribution in [0.3, 0.4) is 0 Å². The van der Waals surface area contributed by atoms with Crippen molar-refractivity contribution in [2.75, 3.05) is 0 Å². The van der Waals surface area contributed by atoms with Crippen LogP contribution in [-0.4, -0.2) is 15.9 Å². The largest absolute Gasteiger partial charge is 0.350 e. The molecule has 0 saturated heterocycles. The number of carbonyl (C=O) groups excluding carboxylic acids is 1. The fraction of sp³-hybridized carbons (Fsp3) is 0.312. The third kappa shape index (κ3) is 3.94. The highest BCUT2D eigenvalue weighted by Gasteiger charge is 2.12. The van der Waals surface area contributed by atoms with Crippen LogP contribution in [-0.2, 0) is 11.2 Å². The average Bonchev–Trinajstić information content (AvgIpc) is 2.47. The van der Waals surface area contributed by atoms with Crippen LogP contribution in [0, 0.1) is 6.92 Å². The summed E-state index contributed by atoms with van der Waals surface area (Å²) >= 11 is 0. The quantitative estimate of drug-likeness (QED) is 0.774. The van der Waals surface area contributed by atoms with Gasteiger partial charge in [-0.1, -0.05) is 30.3 Å². The molecule has 116 valence electrons. The molecule has 1 amide bonds. The van der Waals surface area contributed by atoms with Crippen molar-refractivity contribution < 1.29 is 4.79 Å². The molecule has 0 spiro atoms. The van der Waals surface area contributed by atoms with E-state index < -0.39 is 11.2 Å². The Balaban J connectivity index is 1.96. The van der Waals surface area contributed by atoms with Crippen LogP contribution >= 0.6 is 0 Å². The van der Waals surface area contributed by atoms with Crippen LogP contribution in [0.1, 0.15) is 36.2 Å². The topological polar surface area (TPSA) is 94.8 Å². The van der Waals surface area contributed by atoms with Crippen molar-refractivity contribution in [3.63, 3.8) is 0 Å². The number of H-pyrrole nitrogens is 2. The highest BCUT2D eigenvalue weighted by Crippen LogP contribution is 2.11. The molecule has 0 aliphatic rings. The molecule has 2 rings (SSSR count). The SMILES string of the molecule is Cc1[nH]c(=O)[nH]c(=O)c1CCC(=O)N[C@H](C)c1ccccc1. The first kappa shape index (κ1) is 15.8. The Labute approximate surface area is 127 Å². The number of amides is 1. The van der Waals surface area contributed by atoms with Gasteiger partial charge in [0.1, 0.15) is 0 Å². The number of aromatic amines is 2. The van der Waals surface area contributed by atoms with E-state index >= 15 is 0 Å². The molecule has 22 heavy (non-hydrogen) atoms. The Morgan fingerprint density at radius 1 is 1.18 bits per heavy atom. The van der Waals surface area contributed by atoms with Gasteiger partial charge in [0.25, 0.3) is 5.56 Å². The third-order valence-corrected chi connectivity index (χ3v) is 3.53. The summed E-state index contributed by atoms with van der Waals surface area (Å²) in [5.74, 6) is -0.138. The number of benzene rings is 1. The Morgan fingerprint density at radius 2 is 1.86 bits per heavy atom. The zero-order chi connectivity index (χ0) is 16.1. The van der Waals surface area contributed by atoms with Gasteiger partial charge < -0.3 is 10.3 Å². The first-order valence-corrected chi connectivity index (χ1v) is 7.13. The third-order valence-electron chi connectivity index (χ3n) is 3.53. The predicted octanol–water partition coefficient (Wildman–Crippen LogP) is 1.18. The lowest BCUT2D eigenvalue weighted by Crippen LogP contribution is -2.30. The maximum absolute atomic E-state index is 12.0. The summed E-state index contributed by atoms with van der Waals surface area (Å²) in [7, 11) is 0. The Hall–Kier alpha value is -2.63. The number of aryl methyl sites for hydroxylation is 1. The number of aromatic nitrogens is 2. The molecule has 2 aromatic rings. The van der Waals surface area contributed by atoms with Gasteiger partial charge in [-0.25, -0.2) is 4.79 Å². The molecule has 0 fully saturated rings. The number of hydrogen-bond acceptors (Lipinski definition) is 3. The molecule has 6 nitrogen and oxygen atoms in total. The second kappa shape index (κ2) is 6.89. The zero-order valence-corrected chi connectivity index (χ0v) is 12.6. The lowest BCUT2D eigenvalue weighted by molar-refractivity contribution is -0.121. The summed E-state index contributed by atoms with van der Waals surface area (Å²) < 4.78 is 0. The van der Waals surface area contributed by atoms with Crippen LogP contribution in [0.5, 0.6) is 0 Å². The number of hydrogen-bond donors (Lipinski definition) is 3. The molecule has 0 aliphatic heterocycles. The number of rotatable bonds is 5.